The summed E-state index contributed by atoms with van der Waals surface area (Å²) in [5, 5.41) is 9.22. The van der Waals surface area contributed by atoms with Crippen LogP contribution in [0, 0.1) is 5.92 Å². The Balaban J connectivity index is 1.83. The molecule has 8 nitrogen and oxygen atoms in total. The molecular weight excluding hydrogens is 440 g/mol. The number of carbonyl (C=O) groups is 4. The molecule has 0 aliphatic rings. The second kappa shape index (κ2) is 12.2. The standard InChI is InChI=1S/C21H26N2O6S2/c1-4-28-21(27)18-14(10-13(2)3)12-31-20(18)23-16(24)11-29-17(25)7-8-22-19(26)15-6-5-9-30-15/h5-6,9,12-13H,4,7-8,10-11H2,1-3H3,(H,22,26)(H,23,24). The van der Waals surface area contributed by atoms with Crippen molar-refractivity contribution in [3.8, 4) is 0 Å². The molecule has 0 aliphatic heterocycles. The molecule has 0 atom stereocenters. The number of rotatable bonds is 11. The first-order chi connectivity index (χ1) is 14.8. The van der Waals surface area contributed by atoms with Crippen LogP contribution in [0.25, 0.3) is 0 Å². The van der Waals surface area contributed by atoms with E-state index in [0.29, 0.717) is 27.8 Å². The third kappa shape index (κ3) is 7.80. The lowest BCUT2D eigenvalue weighted by atomic mass is 10.0. The molecule has 0 aromatic carbocycles. The van der Waals surface area contributed by atoms with Crippen molar-refractivity contribution in [1.82, 2.24) is 5.32 Å². The first kappa shape index (κ1) is 24.5. The van der Waals surface area contributed by atoms with Gasteiger partial charge in [0.1, 0.15) is 5.00 Å². The van der Waals surface area contributed by atoms with Gasteiger partial charge in [-0.2, -0.15) is 0 Å². The van der Waals surface area contributed by atoms with E-state index in [0.717, 1.165) is 5.56 Å². The Morgan fingerprint density at radius 1 is 1.13 bits per heavy atom. The van der Waals surface area contributed by atoms with Crippen LogP contribution in [0.2, 0.25) is 0 Å². The van der Waals surface area contributed by atoms with Crippen LogP contribution in [-0.4, -0.2) is 43.5 Å². The predicted molar refractivity (Wildman–Crippen MR) is 120 cm³/mol. The van der Waals surface area contributed by atoms with Crippen molar-refractivity contribution >= 4 is 51.4 Å². The Morgan fingerprint density at radius 2 is 1.90 bits per heavy atom. The SMILES string of the molecule is CCOC(=O)c1c(CC(C)C)csc1NC(=O)COC(=O)CCNC(=O)c1cccs1. The highest BCUT2D eigenvalue weighted by molar-refractivity contribution is 7.15. The molecule has 2 rings (SSSR count). The molecule has 0 bridgehead atoms. The minimum Gasteiger partial charge on any atom is -0.462 e. The summed E-state index contributed by atoms with van der Waals surface area (Å²) in [4.78, 5) is 48.8. The number of esters is 2. The molecule has 0 saturated heterocycles. The highest BCUT2D eigenvalue weighted by Gasteiger charge is 2.22. The minimum absolute atomic E-state index is 0.0595. The molecule has 2 amide bonds. The van der Waals surface area contributed by atoms with Crippen LogP contribution < -0.4 is 10.6 Å². The number of nitrogens with one attached hydrogen (secondary N) is 2. The largest absolute Gasteiger partial charge is 0.462 e. The number of amides is 2. The van der Waals surface area contributed by atoms with E-state index < -0.39 is 24.5 Å². The first-order valence-electron chi connectivity index (χ1n) is 9.86. The quantitative estimate of drug-likeness (QED) is 0.491. The predicted octanol–water partition coefficient (Wildman–Crippen LogP) is 3.49. The maximum atomic E-state index is 12.3. The molecule has 0 unspecified atom stereocenters. The summed E-state index contributed by atoms with van der Waals surface area (Å²) in [5.74, 6) is -1.60. The van der Waals surface area contributed by atoms with Crippen molar-refractivity contribution < 1.29 is 28.7 Å². The molecular formula is C21H26N2O6S2. The van der Waals surface area contributed by atoms with Gasteiger partial charge in [-0.05, 0) is 41.7 Å². The summed E-state index contributed by atoms with van der Waals surface area (Å²) in [6.07, 6.45) is 0.614. The number of hydrogen-bond donors (Lipinski definition) is 2. The Kier molecular flexibility index (Phi) is 9.67. The van der Waals surface area contributed by atoms with Crippen molar-refractivity contribution in [2.24, 2.45) is 5.92 Å². The number of hydrogen-bond acceptors (Lipinski definition) is 8. The topological polar surface area (TPSA) is 111 Å². The summed E-state index contributed by atoms with van der Waals surface area (Å²) in [6.45, 7) is 5.63. The lowest BCUT2D eigenvalue weighted by molar-refractivity contribution is -0.147. The zero-order chi connectivity index (χ0) is 22.8. The van der Waals surface area contributed by atoms with Crippen LogP contribution in [0.1, 0.15) is 52.8 Å². The Labute approximate surface area is 188 Å². The molecule has 0 saturated carbocycles. The van der Waals surface area contributed by atoms with Gasteiger partial charge < -0.3 is 20.1 Å². The van der Waals surface area contributed by atoms with E-state index in [1.54, 1.807) is 24.4 Å². The second-order valence-corrected chi connectivity index (χ2v) is 8.80. The van der Waals surface area contributed by atoms with E-state index in [9.17, 15) is 19.2 Å². The van der Waals surface area contributed by atoms with Gasteiger partial charge in [-0.15, -0.1) is 22.7 Å². The van der Waals surface area contributed by atoms with Gasteiger partial charge in [0.15, 0.2) is 6.61 Å². The van der Waals surface area contributed by atoms with Gasteiger partial charge in [0.2, 0.25) is 0 Å². The van der Waals surface area contributed by atoms with Crippen LogP contribution >= 0.6 is 22.7 Å². The zero-order valence-corrected chi connectivity index (χ0v) is 19.3. The minimum atomic E-state index is -0.612. The summed E-state index contributed by atoms with van der Waals surface area (Å²) in [7, 11) is 0. The third-order valence-corrected chi connectivity index (χ3v) is 5.76. The number of thiophene rings is 2. The van der Waals surface area contributed by atoms with Gasteiger partial charge in [-0.25, -0.2) is 4.79 Å². The van der Waals surface area contributed by atoms with Crippen LogP contribution in [-0.2, 0) is 25.5 Å². The van der Waals surface area contributed by atoms with E-state index >= 15 is 0 Å². The molecule has 168 valence electrons. The van der Waals surface area contributed by atoms with Gasteiger partial charge >= 0.3 is 11.9 Å². The van der Waals surface area contributed by atoms with E-state index in [4.69, 9.17) is 9.47 Å². The van der Waals surface area contributed by atoms with Crippen LogP contribution in [0.15, 0.2) is 22.9 Å². The number of carbonyl (C=O) groups excluding carboxylic acids is 4. The van der Waals surface area contributed by atoms with Crippen molar-refractivity contribution in [1.29, 1.82) is 0 Å². The Hall–Kier alpha value is -2.72. The van der Waals surface area contributed by atoms with Gasteiger partial charge in [-0.3, -0.25) is 14.4 Å². The van der Waals surface area contributed by atoms with Gasteiger partial charge in [-0.1, -0.05) is 19.9 Å². The third-order valence-electron chi connectivity index (χ3n) is 3.95. The molecule has 2 aromatic rings. The second-order valence-electron chi connectivity index (χ2n) is 6.98. The fourth-order valence-electron chi connectivity index (χ4n) is 2.66. The number of anilines is 1. The Bertz CT molecular complexity index is 905. The maximum absolute atomic E-state index is 12.3. The van der Waals surface area contributed by atoms with Crippen molar-refractivity contribution in [2.75, 3.05) is 25.1 Å². The van der Waals surface area contributed by atoms with Crippen LogP contribution in [0.3, 0.4) is 0 Å². The highest BCUT2D eigenvalue weighted by Crippen LogP contribution is 2.30. The Morgan fingerprint density at radius 3 is 2.55 bits per heavy atom. The number of ether oxygens (including phenoxy) is 2. The van der Waals surface area contributed by atoms with Crippen molar-refractivity contribution in [2.45, 2.75) is 33.6 Å². The molecule has 2 N–H and O–H groups in total. The average Bonchev–Trinajstić information content (AvgIpc) is 3.36. The molecule has 0 radical (unpaired) electrons. The fraction of sp³-hybridized carbons (Fsp3) is 0.429. The van der Waals surface area contributed by atoms with E-state index in [-0.39, 0.29) is 25.5 Å². The van der Waals surface area contributed by atoms with Crippen molar-refractivity contribution in [3.05, 3.63) is 38.9 Å². The van der Waals surface area contributed by atoms with Crippen LogP contribution in [0.4, 0.5) is 5.00 Å². The monoisotopic (exact) mass is 466 g/mol. The molecule has 10 heteroatoms. The fourth-order valence-corrected chi connectivity index (χ4v) is 4.28. The molecule has 0 aliphatic carbocycles. The molecule has 2 aromatic heterocycles. The lowest BCUT2D eigenvalue weighted by Crippen LogP contribution is -2.27. The smallest absolute Gasteiger partial charge is 0.341 e. The molecule has 0 fully saturated rings. The van der Waals surface area contributed by atoms with Gasteiger partial charge in [0.25, 0.3) is 11.8 Å². The van der Waals surface area contributed by atoms with Crippen LogP contribution in [0.5, 0.6) is 0 Å². The zero-order valence-electron chi connectivity index (χ0n) is 17.7. The lowest BCUT2D eigenvalue weighted by Gasteiger charge is -2.10. The summed E-state index contributed by atoms with van der Waals surface area (Å²) < 4.78 is 10.1. The summed E-state index contributed by atoms with van der Waals surface area (Å²) >= 11 is 2.53. The van der Waals surface area contributed by atoms with E-state index in [2.05, 4.69) is 10.6 Å². The molecule has 2 heterocycles. The van der Waals surface area contributed by atoms with E-state index in [1.807, 2.05) is 19.2 Å². The molecule has 0 spiro atoms. The highest BCUT2D eigenvalue weighted by atomic mass is 32.1. The van der Waals surface area contributed by atoms with E-state index in [1.165, 1.54) is 22.7 Å². The average molecular weight is 467 g/mol. The summed E-state index contributed by atoms with van der Waals surface area (Å²) in [6, 6.07) is 3.45. The summed E-state index contributed by atoms with van der Waals surface area (Å²) in [5.41, 5.74) is 1.16. The molecule has 31 heavy (non-hydrogen) atoms. The van der Waals surface area contributed by atoms with Crippen molar-refractivity contribution in [3.63, 3.8) is 0 Å². The first-order valence-corrected chi connectivity index (χ1v) is 11.6. The maximum Gasteiger partial charge on any atom is 0.341 e. The van der Waals surface area contributed by atoms with Gasteiger partial charge in [0.05, 0.1) is 23.5 Å². The normalized spacial score (nSPS) is 10.6. The van der Waals surface area contributed by atoms with Gasteiger partial charge in [0, 0.05) is 6.54 Å².